The topological polar surface area (TPSA) is 21.8 Å². The Labute approximate surface area is 123 Å². The van der Waals surface area contributed by atoms with Gasteiger partial charge in [-0.25, -0.2) is 0 Å². The highest BCUT2D eigenvalue weighted by Gasteiger charge is 2.40. The number of epoxide rings is 1. The molecule has 0 bridgehead atoms. The summed E-state index contributed by atoms with van der Waals surface area (Å²) in [5.74, 6) is 1.60. The van der Waals surface area contributed by atoms with Crippen LogP contribution in [0.1, 0.15) is 52.0 Å². The van der Waals surface area contributed by atoms with Crippen LogP contribution in [0.5, 0.6) is 5.75 Å². The van der Waals surface area contributed by atoms with E-state index in [2.05, 4.69) is 45.0 Å². The van der Waals surface area contributed by atoms with E-state index in [-0.39, 0.29) is 0 Å². The Morgan fingerprint density at radius 3 is 2.50 bits per heavy atom. The molecule has 0 spiro atoms. The van der Waals surface area contributed by atoms with Gasteiger partial charge in [0.2, 0.25) is 0 Å². The Hall–Kier alpha value is -1.02. The summed E-state index contributed by atoms with van der Waals surface area (Å²) in [7, 11) is 0. The molecule has 112 valence electrons. The number of hydrogen-bond acceptors (Lipinski definition) is 2. The van der Waals surface area contributed by atoms with Gasteiger partial charge in [-0.15, -0.1) is 0 Å². The lowest BCUT2D eigenvalue weighted by molar-refractivity contribution is 0.306. The summed E-state index contributed by atoms with van der Waals surface area (Å²) in [6.07, 6.45) is 6.84. The molecule has 0 aliphatic carbocycles. The zero-order valence-electron chi connectivity index (χ0n) is 13.1. The predicted octanol–water partition coefficient (Wildman–Crippen LogP) is 4.61. The van der Waals surface area contributed by atoms with E-state index in [9.17, 15) is 0 Å². The van der Waals surface area contributed by atoms with Crippen LogP contribution in [0.4, 0.5) is 0 Å². The number of rotatable bonds is 9. The third kappa shape index (κ3) is 4.52. The van der Waals surface area contributed by atoms with Crippen molar-refractivity contribution in [2.75, 3.05) is 6.61 Å². The minimum atomic E-state index is 0.477. The second-order valence-corrected chi connectivity index (χ2v) is 5.93. The molecule has 1 aromatic rings. The first-order valence-electron chi connectivity index (χ1n) is 8.11. The number of benzene rings is 1. The van der Waals surface area contributed by atoms with Crippen molar-refractivity contribution in [3.63, 3.8) is 0 Å². The molecule has 0 radical (unpaired) electrons. The van der Waals surface area contributed by atoms with Gasteiger partial charge in [-0.05, 0) is 42.9 Å². The van der Waals surface area contributed by atoms with Crippen molar-refractivity contribution >= 4 is 0 Å². The Bertz CT molecular complexity index is 385. The quantitative estimate of drug-likeness (QED) is 0.485. The number of ether oxygens (including phenoxy) is 2. The molecule has 20 heavy (non-hydrogen) atoms. The summed E-state index contributed by atoms with van der Waals surface area (Å²) in [6.45, 7) is 7.53. The molecule has 2 nitrogen and oxygen atoms in total. The van der Waals surface area contributed by atoms with E-state index in [4.69, 9.17) is 9.47 Å². The lowest BCUT2D eigenvalue weighted by Gasteiger charge is -2.10. The summed E-state index contributed by atoms with van der Waals surface area (Å²) in [6, 6.07) is 8.57. The Morgan fingerprint density at radius 1 is 1.15 bits per heavy atom. The smallest absolute Gasteiger partial charge is 0.119 e. The second kappa shape index (κ2) is 7.68. The largest absolute Gasteiger partial charge is 0.494 e. The van der Waals surface area contributed by atoms with E-state index in [0.29, 0.717) is 18.1 Å². The Balaban J connectivity index is 1.74. The first-order chi connectivity index (χ1) is 9.74. The van der Waals surface area contributed by atoms with Crippen LogP contribution in [0.25, 0.3) is 0 Å². The molecular formula is C18H28O2. The van der Waals surface area contributed by atoms with Crippen molar-refractivity contribution in [1.29, 1.82) is 0 Å². The Morgan fingerprint density at radius 2 is 1.90 bits per heavy atom. The van der Waals surface area contributed by atoms with Crippen molar-refractivity contribution in [3.05, 3.63) is 29.8 Å². The lowest BCUT2D eigenvalue weighted by Crippen LogP contribution is -2.09. The van der Waals surface area contributed by atoms with Gasteiger partial charge in [0.25, 0.3) is 0 Å². The summed E-state index contributed by atoms with van der Waals surface area (Å²) in [4.78, 5) is 0. The average molecular weight is 276 g/mol. The summed E-state index contributed by atoms with van der Waals surface area (Å²) in [5.41, 5.74) is 1.38. The maximum absolute atomic E-state index is 5.74. The number of hydrogen-bond donors (Lipinski definition) is 0. The zero-order chi connectivity index (χ0) is 14.4. The molecule has 2 rings (SSSR count). The van der Waals surface area contributed by atoms with Crippen LogP contribution < -0.4 is 4.74 Å². The molecule has 0 N–H and O–H groups in total. The normalized spacial score (nSPS) is 22.6. The molecule has 1 heterocycles. The predicted molar refractivity (Wildman–Crippen MR) is 83.3 cm³/mol. The molecule has 1 aromatic carbocycles. The first kappa shape index (κ1) is 15.4. The molecule has 1 aliphatic rings. The maximum Gasteiger partial charge on any atom is 0.119 e. The van der Waals surface area contributed by atoms with E-state index in [1.165, 1.54) is 18.4 Å². The van der Waals surface area contributed by atoms with Crippen LogP contribution in [0.2, 0.25) is 0 Å². The first-order valence-corrected chi connectivity index (χ1v) is 8.11. The molecule has 1 saturated heterocycles. The van der Waals surface area contributed by atoms with Gasteiger partial charge in [0, 0.05) is 0 Å². The van der Waals surface area contributed by atoms with Gasteiger partial charge in [0.15, 0.2) is 0 Å². The van der Waals surface area contributed by atoms with E-state index >= 15 is 0 Å². The third-order valence-electron chi connectivity index (χ3n) is 4.08. The van der Waals surface area contributed by atoms with Crippen molar-refractivity contribution < 1.29 is 9.47 Å². The fraction of sp³-hybridized carbons (Fsp3) is 0.667. The van der Waals surface area contributed by atoms with Crippen LogP contribution >= 0.6 is 0 Å². The van der Waals surface area contributed by atoms with Crippen LogP contribution in [-0.2, 0) is 11.2 Å². The highest BCUT2D eigenvalue weighted by molar-refractivity contribution is 5.27. The minimum absolute atomic E-state index is 0.477. The molecule has 0 aromatic heterocycles. The highest BCUT2D eigenvalue weighted by Crippen LogP contribution is 2.33. The van der Waals surface area contributed by atoms with Crippen LogP contribution in [0.15, 0.2) is 24.3 Å². The summed E-state index contributed by atoms with van der Waals surface area (Å²) >= 11 is 0. The monoisotopic (exact) mass is 276 g/mol. The van der Waals surface area contributed by atoms with E-state index in [1.54, 1.807) is 0 Å². The molecule has 3 unspecified atom stereocenters. The number of unbranched alkanes of at least 4 members (excludes halogenated alkanes) is 2. The minimum Gasteiger partial charge on any atom is -0.494 e. The van der Waals surface area contributed by atoms with Crippen LogP contribution in [0, 0.1) is 5.92 Å². The zero-order valence-corrected chi connectivity index (χ0v) is 13.1. The fourth-order valence-corrected chi connectivity index (χ4v) is 2.74. The molecule has 2 heteroatoms. The lowest BCUT2D eigenvalue weighted by atomic mass is 9.96. The SMILES string of the molecule is CCCCCOc1ccc(CC(C)C2OC2CC)cc1. The van der Waals surface area contributed by atoms with Gasteiger partial charge in [0.05, 0.1) is 18.8 Å². The van der Waals surface area contributed by atoms with E-state index in [0.717, 1.165) is 31.6 Å². The van der Waals surface area contributed by atoms with Gasteiger partial charge >= 0.3 is 0 Å². The van der Waals surface area contributed by atoms with Gasteiger partial charge < -0.3 is 9.47 Å². The molecule has 0 amide bonds. The molecule has 1 fully saturated rings. The Kier molecular flexibility index (Phi) is 5.90. The van der Waals surface area contributed by atoms with Gasteiger partial charge in [0.1, 0.15) is 5.75 Å². The summed E-state index contributed by atoms with van der Waals surface area (Å²) in [5, 5.41) is 0. The molecule has 3 atom stereocenters. The molecule has 1 aliphatic heterocycles. The van der Waals surface area contributed by atoms with Gasteiger partial charge in [-0.2, -0.15) is 0 Å². The van der Waals surface area contributed by atoms with Gasteiger partial charge in [-0.3, -0.25) is 0 Å². The van der Waals surface area contributed by atoms with Crippen LogP contribution in [-0.4, -0.2) is 18.8 Å². The van der Waals surface area contributed by atoms with Crippen molar-refractivity contribution in [2.24, 2.45) is 5.92 Å². The van der Waals surface area contributed by atoms with E-state index < -0.39 is 0 Å². The standard InChI is InChI=1S/C18H28O2/c1-4-6-7-12-19-16-10-8-15(9-11-16)13-14(3)18-17(5-2)20-18/h8-11,14,17-18H,4-7,12-13H2,1-3H3. The summed E-state index contributed by atoms with van der Waals surface area (Å²) < 4.78 is 11.4. The second-order valence-electron chi connectivity index (χ2n) is 5.93. The molecule has 0 saturated carbocycles. The molecular weight excluding hydrogens is 248 g/mol. The van der Waals surface area contributed by atoms with Crippen LogP contribution in [0.3, 0.4) is 0 Å². The highest BCUT2D eigenvalue weighted by atomic mass is 16.6. The van der Waals surface area contributed by atoms with E-state index in [1.807, 2.05) is 0 Å². The third-order valence-corrected chi connectivity index (χ3v) is 4.08. The van der Waals surface area contributed by atoms with Crippen molar-refractivity contribution in [2.45, 2.75) is 65.1 Å². The fourth-order valence-electron chi connectivity index (χ4n) is 2.74. The average Bonchev–Trinajstić information content (AvgIpc) is 3.25. The van der Waals surface area contributed by atoms with Gasteiger partial charge in [-0.1, -0.05) is 45.7 Å². The van der Waals surface area contributed by atoms with Crippen molar-refractivity contribution in [1.82, 2.24) is 0 Å². The van der Waals surface area contributed by atoms with Crippen molar-refractivity contribution in [3.8, 4) is 5.75 Å². The maximum atomic E-state index is 5.74.